The second-order valence-corrected chi connectivity index (χ2v) is 5.45. The minimum absolute atomic E-state index is 0.478. The number of benzene rings is 1. The van der Waals surface area contributed by atoms with Crippen LogP contribution in [0.3, 0.4) is 0 Å². The molecule has 5 atom stereocenters. The SMILES string of the molecule is COC1OC(CO)C(O)C(O)C1NC(=O)/C=C/C#Cc1ccccc1. The van der Waals surface area contributed by atoms with Gasteiger partial charge in [-0.2, -0.15) is 0 Å². The van der Waals surface area contributed by atoms with Gasteiger partial charge in [0.25, 0.3) is 0 Å². The molecule has 2 rings (SSSR count). The van der Waals surface area contributed by atoms with E-state index in [2.05, 4.69) is 17.2 Å². The molecular weight excluding hydrogens is 326 g/mol. The highest BCUT2D eigenvalue weighted by molar-refractivity contribution is 5.88. The van der Waals surface area contributed by atoms with Gasteiger partial charge in [0.2, 0.25) is 5.91 Å². The van der Waals surface area contributed by atoms with Crippen molar-refractivity contribution in [1.82, 2.24) is 5.32 Å². The Morgan fingerprint density at radius 2 is 2.04 bits per heavy atom. The third kappa shape index (κ3) is 5.13. The average molecular weight is 347 g/mol. The first-order chi connectivity index (χ1) is 12.1. The molecule has 1 aliphatic rings. The summed E-state index contributed by atoms with van der Waals surface area (Å²) < 4.78 is 10.4. The van der Waals surface area contributed by atoms with Crippen molar-refractivity contribution in [3.8, 4) is 11.8 Å². The number of nitrogens with one attached hydrogen (secondary N) is 1. The molecule has 1 saturated heterocycles. The van der Waals surface area contributed by atoms with E-state index >= 15 is 0 Å². The molecule has 1 amide bonds. The van der Waals surface area contributed by atoms with E-state index in [1.54, 1.807) is 0 Å². The third-order valence-corrected chi connectivity index (χ3v) is 3.73. The Bertz CT molecular complexity index is 649. The molecule has 4 N–H and O–H groups in total. The van der Waals surface area contributed by atoms with E-state index in [9.17, 15) is 15.0 Å². The zero-order valence-electron chi connectivity index (χ0n) is 13.7. The minimum atomic E-state index is -1.34. The Morgan fingerprint density at radius 3 is 2.68 bits per heavy atom. The number of ether oxygens (including phenoxy) is 2. The summed E-state index contributed by atoms with van der Waals surface area (Å²) in [7, 11) is 1.34. The first-order valence-corrected chi connectivity index (χ1v) is 7.75. The first kappa shape index (κ1) is 19.1. The zero-order valence-corrected chi connectivity index (χ0v) is 13.7. The molecule has 134 valence electrons. The number of hydrogen-bond donors (Lipinski definition) is 4. The number of methoxy groups -OCH3 is 1. The maximum absolute atomic E-state index is 12.0. The Kier molecular flexibility index (Phi) is 7.13. The monoisotopic (exact) mass is 347 g/mol. The van der Waals surface area contributed by atoms with Crippen molar-refractivity contribution in [2.75, 3.05) is 13.7 Å². The van der Waals surface area contributed by atoms with Crippen LogP contribution in [0.2, 0.25) is 0 Å². The van der Waals surface area contributed by atoms with Crippen LogP contribution in [0.4, 0.5) is 0 Å². The fourth-order valence-electron chi connectivity index (χ4n) is 2.41. The number of amides is 1. The van der Waals surface area contributed by atoms with Gasteiger partial charge in [-0.25, -0.2) is 0 Å². The molecule has 1 aromatic rings. The van der Waals surface area contributed by atoms with Crippen molar-refractivity contribution >= 4 is 5.91 Å². The van der Waals surface area contributed by atoms with E-state index in [0.29, 0.717) is 0 Å². The number of rotatable bonds is 4. The van der Waals surface area contributed by atoms with E-state index in [4.69, 9.17) is 14.6 Å². The van der Waals surface area contributed by atoms with Crippen LogP contribution < -0.4 is 5.32 Å². The lowest BCUT2D eigenvalue weighted by molar-refractivity contribution is -0.262. The van der Waals surface area contributed by atoms with E-state index in [-0.39, 0.29) is 0 Å². The summed E-state index contributed by atoms with van der Waals surface area (Å²) in [6.45, 7) is -0.478. The van der Waals surface area contributed by atoms with Crippen molar-refractivity contribution < 1.29 is 29.6 Å². The van der Waals surface area contributed by atoms with Crippen LogP contribution in [0.15, 0.2) is 42.5 Å². The summed E-state index contributed by atoms with van der Waals surface area (Å²) in [5.74, 6) is 5.08. The summed E-state index contributed by atoms with van der Waals surface area (Å²) in [5.41, 5.74) is 0.821. The highest BCUT2D eigenvalue weighted by Crippen LogP contribution is 2.21. The normalized spacial score (nSPS) is 29.0. The van der Waals surface area contributed by atoms with Gasteiger partial charge in [0.1, 0.15) is 24.4 Å². The van der Waals surface area contributed by atoms with E-state index in [1.807, 2.05) is 30.3 Å². The second-order valence-electron chi connectivity index (χ2n) is 5.45. The van der Waals surface area contributed by atoms with Gasteiger partial charge >= 0.3 is 0 Å². The Balaban J connectivity index is 1.96. The topological polar surface area (TPSA) is 108 Å². The molecule has 0 bridgehead atoms. The van der Waals surface area contributed by atoms with Gasteiger partial charge in [0.05, 0.1) is 6.61 Å². The van der Waals surface area contributed by atoms with Crippen LogP contribution in [0.1, 0.15) is 5.56 Å². The van der Waals surface area contributed by atoms with Crippen molar-refractivity contribution in [2.45, 2.75) is 30.6 Å². The lowest BCUT2D eigenvalue weighted by atomic mass is 9.97. The van der Waals surface area contributed by atoms with Crippen LogP contribution in [0.25, 0.3) is 0 Å². The molecule has 7 nitrogen and oxygen atoms in total. The van der Waals surface area contributed by atoms with Crippen molar-refractivity contribution in [2.24, 2.45) is 0 Å². The Morgan fingerprint density at radius 1 is 1.32 bits per heavy atom. The van der Waals surface area contributed by atoms with Crippen LogP contribution in [-0.2, 0) is 14.3 Å². The molecule has 1 aromatic carbocycles. The van der Waals surface area contributed by atoms with Crippen molar-refractivity contribution in [1.29, 1.82) is 0 Å². The second kappa shape index (κ2) is 9.32. The number of hydrogen-bond acceptors (Lipinski definition) is 6. The van der Waals surface area contributed by atoms with Gasteiger partial charge < -0.3 is 30.1 Å². The molecule has 7 heteroatoms. The van der Waals surface area contributed by atoms with E-state index in [0.717, 1.165) is 5.56 Å². The number of carbonyl (C=O) groups excluding carboxylic acids is 1. The van der Waals surface area contributed by atoms with Gasteiger partial charge in [-0.1, -0.05) is 30.0 Å². The predicted molar refractivity (Wildman–Crippen MR) is 89.2 cm³/mol. The fraction of sp³-hybridized carbons (Fsp3) is 0.389. The van der Waals surface area contributed by atoms with Crippen LogP contribution in [0, 0.1) is 11.8 Å². The van der Waals surface area contributed by atoms with Crippen molar-refractivity contribution in [3.05, 3.63) is 48.0 Å². The highest BCUT2D eigenvalue weighted by atomic mass is 16.7. The molecule has 1 heterocycles. The molecule has 0 spiro atoms. The predicted octanol–water partition coefficient (Wildman–Crippen LogP) is -0.835. The Hall–Kier alpha value is -2.21. The average Bonchev–Trinajstić information content (AvgIpc) is 2.64. The lowest BCUT2D eigenvalue weighted by Crippen LogP contribution is -2.64. The zero-order chi connectivity index (χ0) is 18.2. The molecule has 0 aromatic heterocycles. The number of aliphatic hydroxyl groups excluding tert-OH is 3. The summed E-state index contributed by atoms with van der Waals surface area (Å²) in [6.07, 6.45) is -2.08. The number of allylic oxidation sites excluding steroid dienone is 1. The van der Waals surface area contributed by atoms with Gasteiger partial charge in [-0.3, -0.25) is 4.79 Å². The number of carbonyl (C=O) groups is 1. The fourth-order valence-corrected chi connectivity index (χ4v) is 2.41. The molecule has 0 radical (unpaired) electrons. The summed E-state index contributed by atoms with van der Waals surface area (Å²) in [4.78, 5) is 12.0. The maximum atomic E-state index is 12.0. The third-order valence-electron chi connectivity index (χ3n) is 3.73. The van der Waals surface area contributed by atoms with Gasteiger partial charge in [0.15, 0.2) is 6.29 Å². The molecule has 5 unspecified atom stereocenters. The minimum Gasteiger partial charge on any atom is -0.394 e. The first-order valence-electron chi connectivity index (χ1n) is 7.75. The molecule has 0 aliphatic carbocycles. The van der Waals surface area contributed by atoms with Crippen LogP contribution in [0.5, 0.6) is 0 Å². The van der Waals surface area contributed by atoms with E-state index in [1.165, 1.54) is 19.3 Å². The van der Waals surface area contributed by atoms with Gasteiger partial charge in [-0.05, 0) is 18.2 Å². The maximum Gasteiger partial charge on any atom is 0.245 e. The van der Waals surface area contributed by atoms with Gasteiger partial charge in [-0.15, -0.1) is 0 Å². The largest absolute Gasteiger partial charge is 0.394 e. The summed E-state index contributed by atoms with van der Waals surface area (Å²) >= 11 is 0. The quantitative estimate of drug-likeness (QED) is 0.418. The van der Waals surface area contributed by atoms with Crippen molar-refractivity contribution in [3.63, 3.8) is 0 Å². The van der Waals surface area contributed by atoms with E-state index < -0.39 is 43.2 Å². The molecular formula is C18H21NO6. The molecule has 1 aliphatic heterocycles. The summed E-state index contributed by atoms with van der Waals surface area (Å²) in [5, 5.41) is 31.7. The number of aliphatic hydroxyl groups is 3. The molecule has 25 heavy (non-hydrogen) atoms. The molecule has 1 fully saturated rings. The van der Waals surface area contributed by atoms with Crippen LogP contribution >= 0.6 is 0 Å². The Labute approximate surface area is 145 Å². The summed E-state index contributed by atoms with van der Waals surface area (Å²) in [6, 6.07) is 8.31. The molecule has 0 saturated carbocycles. The van der Waals surface area contributed by atoms with Crippen LogP contribution in [-0.4, -0.2) is 65.6 Å². The standard InChI is InChI=1S/C18H21NO6/c1-24-18-15(17(23)16(22)13(11-20)25-18)19-14(21)10-6-5-9-12-7-3-2-4-8-12/h2-4,6-8,10,13,15-18,20,22-23H,11H2,1H3,(H,19,21)/b10-6+. The smallest absolute Gasteiger partial charge is 0.245 e. The highest BCUT2D eigenvalue weighted by Gasteiger charge is 2.44. The lowest BCUT2D eigenvalue weighted by Gasteiger charge is -2.41. The van der Waals surface area contributed by atoms with Gasteiger partial charge in [0, 0.05) is 18.7 Å².